The Hall–Kier alpha value is -2.47. The summed E-state index contributed by atoms with van der Waals surface area (Å²) in [6.45, 7) is 0.571. The maximum absolute atomic E-state index is 13.0. The van der Waals surface area contributed by atoms with E-state index in [0.717, 1.165) is 28.7 Å². The van der Waals surface area contributed by atoms with Crippen LogP contribution < -0.4 is 0 Å². The van der Waals surface area contributed by atoms with Crippen molar-refractivity contribution in [3.8, 4) is 0 Å². The normalized spacial score (nSPS) is 17.4. The van der Waals surface area contributed by atoms with E-state index in [9.17, 15) is 18.0 Å². The summed E-state index contributed by atoms with van der Waals surface area (Å²) in [6.07, 6.45) is -4.36. The summed E-state index contributed by atoms with van der Waals surface area (Å²) in [6, 6.07) is 18.5. The largest absolute Gasteiger partial charge is 0.416 e. The SMILES string of the molecule is O=C(c1ccc2ccccc2c1)N1CCSC1c1ccc(C(F)(F)F)cc1. The number of halogens is 3. The number of thioether (sulfide) groups is 1. The molecule has 0 radical (unpaired) electrons. The van der Waals surface area contributed by atoms with E-state index in [-0.39, 0.29) is 11.3 Å². The van der Waals surface area contributed by atoms with E-state index in [1.165, 1.54) is 12.1 Å². The smallest absolute Gasteiger partial charge is 0.322 e. The minimum atomic E-state index is -4.36. The minimum Gasteiger partial charge on any atom is -0.322 e. The second-order valence-corrected chi connectivity index (χ2v) is 7.59. The number of hydrogen-bond donors (Lipinski definition) is 0. The number of benzene rings is 3. The molecule has 0 N–H and O–H groups in total. The highest BCUT2D eigenvalue weighted by Gasteiger charge is 2.33. The average molecular weight is 387 g/mol. The van der Waals surface area contributed by atoms with Crippen molar-refractivity contribution in [2.75, 3.05) is 12.3 Å². The van der Waals surface area contributed by atoms with Gasteiger partial charge < -0.3 is 4.90 Å². The van der Waals surface area contributed by atoms with E-state index < -0.39 is 11.7 Å². The molecule has 0 saturated carbocycles. The van der Waals surface area contributed by atoms with Crippen molar-refractivity contribution >= 4 is 28.4 Å². The first kappa shape index (κ1) is 17.9. The highest BCUT2D eigenvalue weighted by atomic mass is 32.2. The fourth-order valence-electron chi connectivity index (χ4n) is 3.28. The molecule has 1 heterocycles. The first-order valence-electron chi connectivity index (χ1n) is 8.52. The van der Waals surface area contributed by atoms with Gasteiger partial charge in [0, 0.05) is 17.9 Å². The molecule has 1 aliphatic heterocycles. The summed E-state index contributed by atoms with van der Waals surface area (Å²) in [5, 5.41) is 1.77. The Balaban J connectivity index is 1.61. The molecule has 1 amide bonds. The van der Waals surface area contributed by atoms with Crippen molar-refractivity contribution in [3.05, 3.63) is 83.4 Å². The Morgan fingerprint density at radius 3 is 2.37 bits per heavy atom. The van der Waals surface area contributed by atoms with E-state index in [4.69, 9.17) is 0 Å². The molecule has 6 heteroatoms. The number of fused-ring (bicyclic) bond motifs is 1. The van der Waals surface area contributed by atoms with Crippen LogP contribution in [0.3, 0.4) is 0 Å². The van der Waals surface area contributed by atoms with Crippen molar-refractivity contribution in [2.45, 2.75) is 11.6 Å². The van der Waals surface area contributed by atoms with E-state index >= 15 is 0 Å². The minimum absolute atomic E-state index is 0.101. The molecular weight excluding hydrogens is 371 g/mol. The predicted molar refractivity (Wildman–Crippen MR) is 102 cm³/mol. The molecule has 1 aliphatic rings. The van der Waals surface area contributed by atoms with Crippen molar-refractivity contribution in [2.24, 2.45) is 0 Å². The summed E-state index contributed by atoms with van der Waals surface area (Å²) in [4.78, 5) is 14.8. The molecule has 1 saturated heterocycles. The summed E-state index contributed by atoms with van der Waals surface area (Å²) < 4.78 is 38.3. The number of carbonyl (C=O) groups excluding carboxylic acids is 1. The Kier molecular flexibility index (Phi) is 4.60. The van der Waals surface area contributed by atoms with Crippen LogP contribution in [0.15, 0.2) is 66.7 Å². The van der Waals surface area contributed by atoms with Gasteiger partial charge in [-0.05, 0) is 40.6 Å². The average Bonchev–Trinajstić information content (AvgIpc) is 3.16. The zero-order valence-corrected chi connectivity index (χ0v) is 15.1. The lowest BCUT2D eigenvalue weighted by Gasteiger charge is -2.24. The van der Waals surface area contributed by atoms with E-state index in [1.807, 2.05) is 36.4 Å². The number of amides is 1. The molecule has 1 atom stereocenters. The summed E-state index contributed by atoms with van der Waals surface area (Å²) >= 11 is 1.57. The van der Waals surface area contributed by atoms with Crippen molar-refractivity contribution < 1.29 is 18.0 Å². The van der Waals surface area contributed by atoms with Crippen LogP contribution in [0, 0.1) is 0 Å². The molecule has 1 unspecified atom stereocenters. The fourth-order valence-corrected chi connectivity index (χ4v) is 4.54. The van der Waals surface area contributed by atoms with Gasteiger partial charge in [0.2, 0.25) is 0 Å². The number of rotatable bonds is 2. The van der Waals surface area contributed by atoms with Crippen LogP contribution in [0.25, 0.3) is 10.8 Å². The van der Waals surface area contributed by atoms with Crippen molar-refractivity contribution in [1.82, 2.24) is 4.90 Å². The maximum atomic E-state index is 13.0. The third kappa shape index (κ3) is 3.54. The Morgan fingerprint density at radius 2 is 1.67 bits per heavy atom. The molecule has 0 aliphatic carbocycles. The molecule has 4 rings (SSSR count). The summed E-state index contributed by atoms with van der Waals surface area (Å²) in [5.74, 6) is 0.654. The molecule has 138 valence electrons. The van der Waals surface area contributed by atoms with Gasteiger partial charge in [-0.3, -0.25) is 4.79 Å². The van der Waals surface area contributed by atoms with Gasteiger partial charge in [0.25, 0.3) is 5.91 Å². The van der Waals surface area contributed by atoms with Gasteiger partial charge in [0.15, 0.2) is 0 Å². The molecule has 0 bridgehead atoms. The Morgan fingerprint density at radius 1 is 0.963 bits per heavy atom. The molecule has 0 aromatic heterocycles. The Labute approximate surface area is 159 Å². The summed E-state index contributed by atoms with van der Waals surface area (Å²) in [7, 11) is 0. The highest BCUT2D eigenvalue weighted by Crippen LogP contribution is 2.40. The molecule has 1 fully saturated rings. The third-order valence-electron chi connectivity index (χ3n) is 4.67. The van der Waals surface area contributed by atoms with Crippen molar-refractivity contribution in [1.29, 1.82) is 0 Å². The topological polar surface area (TPSA) is 20.3 Å². The number of hydrogen-bond acceptors (Lipinski definition) is 2. The zero-order valence-electron chi connectivity index (χ0n) is 14.2. The fraction of sp³-hybridized carbons (Fsp3) is 0.190. The van der Waals surface area contributed by atoms with Gasteiger partial charge in [0.05, 0.1) is 5.56 Å². The molecule has 3 aromatic carbocycles. The van der Waals surface area contributed by atoms with E-state index in [1.54, 1.807) is 22.7 Å². The number of nitrogens with zero attached hydrogens (tertiary/aromatic N) is 1. The van der Waals surface area contributed by atoms with Gasteiger partial charge in [0.1, 0.15) is 5.37 Å². The van der Waals surface area contributed by atoms with E-state index in [2.05, 4.69) is 0 Å². The lowest BCUT2D eigenvalue weighted by Crippen LogP contribution is -2.30. The van der Waals surface area contributed by atoms with Gasteiger partial charge in [-0.15, -0.1) is 11.8 Å². The van der Waals surface area contributed by atoms with Crippen LogP contribution in [0.5, 0.6) is 0 Å². The molecule has 2 nitrogen and oxygen atoms in total. The zero-order chi connectivity index (χ0) is 19.0. The third-order valence-corrected chi connectivity index (χ3v) is 5.93. The summed E-state index contributed by atoms with van der Waals surface area (Å²) in [5.41, 5.74) is 0.620. The van der Waals surface area contributed by atoms with Gasteiger partial charge in [-0.25, -0.2) is 0 Å². The molecule has 3 aromatic rings. The highest BCUT2D eigenvalue weighted by molar-refractivity contribution is 7.99. The second-order valence-electron chi connectivity index (χ2n) is 6.40. The second kappa shape index (κ2) is 6.93. The lowest BCUT2D eigenvalue weighted by atomic mass is 10.1. The van der Waals surface area contributed by atoms with Crippen LogP contribution in [0.2, 0.25) is 0 Å². The first-order valence-corrected chi connectivity index (χ1v) is 9.57. The van der Waals surface area contributed by atoms with Crippen LogP contribution >= 0.6 is 11.8 Å². The number of alkyl halides is 3. The maximum Gasteiger partial charge on any atom is 0.416 e. The number of carbonyl (C=O) groups is 1. The van der Waals surface area contributed by atoms with Crippen LogP contribution in [-0.2, 0) is 6.18 Å². The molecule has 27 heavy (non-hydrogen) atoms. The first-order chi connectivity index (χ1) is 12.9. The van der Waals surface area contributed by atoms with Gasteiger partial charge >= 0.3 is 6.18 Å². The molecule has 0 spiro atoms. The predicted octanol–water partition coefficient (Wildman–Crippen LogP) is 5.75. The van der Waals surface area contributed by atoms with Gasteiger partial charge in [-0.1, -0.05) is 42.5 Å². The van der Waals surface area contributed by atoms with E-state index in [0.29, 0.717) is 17.7 Å². The van der Waals surface area contributed by atoms with Gasteiger partial charge in [-0.2, -0.15) is 13.2 Å². The van der Waals surface area contributed by atoms with Crippen LogP contribution in [-0.4, -0.2) is 23.1 Å². The molecular formula is C21H16F3NOS. The van der Waals surface area contributed by atoms with Crippen LogP contribution in [0.1, 0.15) is 26.9 Å². The standard InChI is InChI=1S/C21H16F3NOS/c22-21(23,24)18-9-7-15(8-10-18)20-25(11-12-27-20)19(26)17-6-5-14-3-1-2-4-16(14)13-17/h1-10,13,20H,11-12H2. The Bertz CT molecular complexity index is 985. The monoisotopic (exact) mass is 387 g/mol. The van der Waals surface area contributed by atoms with Crippen molar-refractivity contribution in [3.63, 3.8) is 0 Å². The lowest BCUT2D eigenvalue weighted by molar-refractivity contribution is -0.137. The van der Waals surface area contributed by atoms with Crippen LogP contribution in [0.4, 0.5) is 13.2 Å². The quantitative estimate of drug-likeness (QED) is 0.558.